The lowest BCUT2D eigenvalue weighted by molar-refractivity contribution is -0.132. The van der Waals surface area contributed by atoms with Crippen molar-refractivity contribution in [2.75, 3.05) is 7.11 Å². The van der Waals surface area contributed by atoms with Crippen LogP contribution in [-0.2, 0) is 15.0 Å². The van der Waals surface area contributed by atoms with Crippen LogP contribution >= 0.6 is 11.6 Å². The number of carbonyl (C=O) groups is 1. The van der Waals surface area contributed by atoms with Gasteiger partial charge in [0, 0.05) is 11.4 Å². The Morgan fingerprint density at radius 3 is 2.44 bits per heavy atom. The van der Waals surface area contributed by atoms with Crippen LogP contribution in [0.25, 0.3) is 0 Å². The lowest BCUT2D eigenvalue weighted by atomic mass is 9.81. The van der Waals surface area contributed by atoms with Crippen LogP contribution in [0.1, 0.15) is 25.8 Å². The summed E-state index contributed by atoms with van der Waals surface area (Å²) in [6.07, 6.45) is 0.364. The van der Waals surface area contributed by atoms with E-state index in [0.29, 0.717) is 11.4 Å². The fourth-order valence-corrected chi connectivity index (χ4v) is 1.68. The Kier molecular flexibility index (Phi) is 4.33. The molecule has 0 unspecified atom stereocenters. The lowest BCUT2D eigenvalue weighted by Crippen LogP contribution is -2.30. The minimum atomic E-state index is -0.243. The third-order valence-corrected chi connectivity index (χ3v) is 2.70. The van der Waals surface area contributed by atoms with Crippen LogP contribution in [0.2, 0.25) is 5.02 Å². The highest BCUT2D eigenvalue weighted by Crippen LogP contribution is 2.27. The zero-order valence-electron chi connectivity index (χ0n) is 9.71. The van der Waals surface area contributed by atoms with Gasteiger partial charge in [-0.15, -0.1) is 0 Å². The monoisotopic (exact) mass is 241 g/mol. The molecule has 1 aromatic rings. The Hall–Kier alpha value is -1.06. The van der Waals surface area contributed by atoms with Crippen molar-refractivity contribution in [3.8, 4) is 0 Å². The molecule has 0 aliphatic rings. The molecule has 1 N–H and O–H groups in total. The quantitative estimate of drug-likeness (QED) is 0.824. The van der Waals surface area contributed by atoms with E-state index in [1.54, 1.807) is 0 Å². The molecule has 0 atom stereocenters. The van der Waals surface area contributed by atoms with E-state index in [1.165, 1.54) is 7.11 Å². The highest BCUT2D eigenvalue weighted by molar-refractivity contribution is 6.30. The number of amides is 1. The van der Waals surface area contributed by atoms with Crippen molar-refractivity contribution in [1.29, 1.82) is 0 Å². The van der Waals surface area contributed by atoms with Crippen LogP contribution in [0, 0.1) is 0 Å². The summed E-state index contributed by atoms with van der Waals surface area (Å²) in [6.45, 7) is 4.01. The summed E-state index contributed by atoms with van der Waals surface area (Å²) >= 11 is 5.82. The Balaban J connectivity index is 2.76. The van der Waals surface area contributed by atoms with Crippen LogP contribution in [0.4, 0.5) is 0 Å². The van der Waals surface area contributed by atoms with E-state index < -0.39 is 0 Å². The molecule has 0 saturated carbocycles. The molecule has 0 aromatic heterocycles. The van der Waals surface area contributed by atoms with Gasteiger partial charge in [0.15, 0.2) is 0 Å². The number of rotatable bonds is 4. The van der Waals surface area contributed by atoms with Crippen LogP contribution in [0.15, 0.2) is 24.3 Å². The van der Waals surface area contributed by atoms with Crippen LogP contribution in [-0.4, -0.2) is 13.0 Å². The molecular formula is C12H16ClNO2. The molecule has 0 aliphatic carbocycles. The first kappa shape index (κ1) is 13.0. The third-order valence-electron chi connectivity index (χ3n) is 2.44. The molecule has 0 bridgehead atoms. The number of halogens is 1. The van der Waals surface area contributed by atoms with Crippen LogP contribution < -0.4 is 5.48 Å². The Bertz CT molecular complexity index is 360. The molecule has 0 saturated heterocycles. The number of carbonyl (C=O) groups excluding carboxylic acids is 1. The lowest BCUT2D eigenvalue weighted by Gasteiger charge is -2.24. The summed E-state index contributed by atoms with van der Waals surface area (Å²) in [6, 6.07) is 7.52. The van der Waals surface area contributed by atoms with Crippen molar-refractivity contribution < 1.29 is 9.63 Å². The van der Waals surface area contributed by atoms with Gasteiger partial charge in [-0.3, -0.25) is 9.63 Å². The van der Waals surface area contributed by atoms with E-state index in [4.69, 9.17) is 11.6 Å². The molecule has 1 aromatic carbocycles. The highest BCUT2D eigenvalue weighted by atomic mass is 35.5. The van der Waals surface area contributed by atoms with Crippen LogP contribution in [0.3, 0.4) is 0 Å². The molecule has 4 heteroatoms. The van der Waals surface area contributed by atoms with Gasteiger partial charge in [0.05, 0.1) is 7.11 Å². The van der Waals surface area contributed by atoms with Gasteiger partial charge in [0.25, 0.3) is 0 Å². The van der Waals surface area contributed by atoms with Gasteiger partial charge in [0.2, 0.25) is 5.91 Å². The van der Waals surface area contributed by atoms with Gasteiger partial charge >= 0.3 is 0 Å². The summed E-state index contributed by atoms with van der Waals surface area (Å²) in [5, 5.41) is 0.695. The van der Waals surface area contributed by atoms with Gasteiger partial charge in [-0.25, -0.2) is 5.48 Å². The Labute approximate surface area is 101 Å². The van der Waals surface area contributed by atoms with Gasteiger partial charge in [0.1, 0.15) is 0 Å². The standard InChI is InChI=1S/C12H16ClNO2/c1-12(2,8-11(15)14-16-3)9-4-6-10(13)7-5-9/h4-7H,8H2,1-3H3,(H,14,15). The summed E-state index contributed by atoms with van der Waals surface area (Å²) in [4.78, 5) is 16.0. The summed E-state index contributed by atoms with van der Waals surface area (Å²) in [7, 11) is 1.42. The number of hydrogen-bond acceptors (Lipinski definition) is 2. The number of hydrogen-bond donors (Lipinski definition) is 1. The minimum absolute atomic E-state index is 0.137. The van der Waals surface area contributed by atoms with Crippen molar-refractivity contribution in [1.82, 2.24) is 5.48 Å². The summed E-state index contributed by atoms with van der Waals surface area (Å²) < 4.78 is 0. The topological polar surface area (TPSA) is 38.3 Å². The molecular weight excluding hydrogens is 226 g/mol. The van der Waals surface area contributed by atoms with E-state index in [-0.39, 0.29) is 11.3 Å². The predicted octanol–water partition coefficient (Wildman–Crippen LogP) is 2.69. The van der Waals surface area contributed by atoms with E-state index >= 15 is 0 Å². The van der Waals surface area contributed by atoms with Gasteiger partial charge in [-0.2, -0.15) is 0 Å². The molecule has 0 aliphatic heterocycles. The van der Waals surface area contributed by atoms with E-state index in [9.17, 15) is 4.79 Å². The minimum Gasteiger partial charge on any atom is -0.277 e. The largest absolute Gasteiger partial charge is 0.277 e. The molecule has 1 rings (SSSR count). The molecule has 0 radical (unpaired) electrons. The van der Waals surface area contributed by atoms with E-state index in [1.807, 2.05) is 38.1 Å². The molecule has 88 valence electrons. The van der Waals surface area contributed by atoms with Crippen molar-refractivity contribution in [3.63, 3.8) is 0 Å². The first-order valence-electron chi connectivity index (χ1n) is 5.03. The Morgan fingerprint density at radius 1 is 1.38 bits per heavy atom. The molecule has 0 spiro atoms. The fourth-order valence-electron chi connectivity index (χ4n) is 1.55. The van der Waals surface area contributed by atoms with Crippen molar-refractivity contribution >= 4 is 17.5 Å². The SMILES string of the molecule is CONC(=O)CC(C)(C)c1ccc(Cl)cc1. The van der Waals surface area contributed by atoms with E-state index in [2.05, 4.69) is 10.3 Å². The molecule has 0 fully saturated rings. The maximum absolute atomic E-state index is 11.4. The normalized spacial score (nSPS) is 11.2. The number of hydroxylamine groups is 1. The average molecular weight is 242 g/mol. The summed E-state index contributed by atoms with van der Waals surface area (Å²) in [5.41, 5.74) is 3.15. The maximum atomic E-state index is 11.4. The summed E-state index contributed by atoms with van der Waals surface area (Å²) in [5.74, 6) is -0.137. The smallest absolute Gasteiger partial charge is 0.244 e. The Morgan fingerprint density at radius 2 is 1.94 bits per heavy atom. The number of nitrogens with one attached hydrogen (secondary N) is 1. The molecule has 1 amide bonds. The first-order chi connectivity index (χ1) is 7.45. The molecule has 0 heterocycles. The third kappa shape index (κ3) is 3.51. The van der Waals surface area contributed by atoms with Crippen molar-refractivity contribution in [2.24, 2.45) is 0 Å². The van der Waals surface area contributed by atoms with E-state index in [0.717, 1.165) is 5.56 Å². The van der Waals surface area contributed by atoms with Crippen LogP contribution in [0.5, 0.6) is 0 Å². The average Bonchev–Trinajstić information content (AvgIpc) is 2.17. The van der Waals surface area contributed by atoms with Crippen molar-refractivity contribution in [3.05, 3.63) is 34.9 Å². The maximum Gasteiger partial charge on any atom is 0.244 e. The molecule has 16 heavy (non-hydrogen) atoms. The zero-order chi connectivity index (χ0) is 12.2. The second kappa shape index (κ2) is 5.32. The highest BCUT2D eigenvalue weighted by Gasteiger charge is 2.24. The fraction of sp³-hybridized carbons (Fsp3) is 0.417. The molecule has 3 nitrogen and oxygen atoms in total. The predicted molar refractivity (Wildman–Crippen MR) is 64.2 cm³/mol. The zero-order valence-corrected chi connectivity index (χ0v) is 10.5. The van der Waals surface area contributed by atoms with Gasteiger partial charge in [-0.1, -0.05) is 37.6 Å². The van der Waals surface area contributed by atoms with Gasteiger partial charge in [-0.05, 0) is 23.1 Å². The second-order valence-corrected chi connectivity index (χ2v) is 4.73. The first-order valence-corrected chi connectivity index (χ1v) is 5.41. The van der Waals surface area contributed by atoms with Gasteiger partial charge < -0.3 is 0 Å². The second-order valence-electron chi connectivity index (χ2n) is 4.30. The number of benzene rings is 1. The van der Waals surface area contributed by atoms with Crippen molar-refractivity contribution in [2.45, 2.75) is 25.7 Å².